The molecule has 0 fully saturated rings. The lowest BCUT2D eigenvalue weighted by Gasteiger charge is -2.23. The molecule has 0 saturated heterocycles. The third kappa shape index (κ3) is 3.04. The Morgan fingerprint density at radius 3 is 2.93 bits per heavy atom. The fourth-order valence-electron chi connectivity index (χ4n) is 2.93. The number of nitrogens with zero attached hydrogens (tertiary/aromatic N) is 3. The Bertz CT molecular complexity index is 1160. The van der Waals surface area contributed by atoms with Gasteiger partial charge in [-0.05, 0) is 32.4 Å². The zero-order chi connectivity index (χ0) is 19.2. The zero-order valence-corrected chi connectivity index (χ0v) is 15.4. The molecule has 138 valence electrons. The number of carbonyl (C=O) groups excluding carboxylic acids is 1. The van der Waals surface area contributed by atoms with E-state index in [1.165, 1.54) is 0 Å². The molecule has 0 aliphatic rings. The minimum absolute atomic E-state index is 0.245. The first kappa shape index (κ1) is 17.2. The molecule has 1 amide bonds. The largest absolute Gasteiger partial charge is 0.346 e. The Morgan fingerprint density at radius 2 is 2.15 bits per heavy atom. The van der Waals surface area contributed by atoms with E-state index in [-0.39, 0.29) is 5.91 Å². The van der Waals surface area contributed by atoms with Crippen LogP contribution < -0.4 is 11.1 Å². The van der Waals surface area contributed by atoms with Gasteiger partial charge in [-0.25, -0.2) is 9.97 Å². The molecule has 4 aromatic rings. The Morgan fingerprint density at radius 1 is 1.33 bits per heavy atom. The number of amides is 1. The van der Waals surface area contributed by atoms with Gasteiger partial charge < -0.3 is 16.0 Å². The molecule has 3 aromatic heterocycles. The smallest absolute Gasteiger partial charge is 0.255 e. The van der Waals surface area contributed by atoms with Crippen molar-refractivity contribution in [3.05, 3.63) is 41.7 Å². The summed E-state index contributed by atoms with van der Waals surface area (Å²) in [4.78, 5) is 24.7. The molecule has 0 saturated carbocycles. The summed E-state index contributed by atoms with van der Waals surface area (Å²) in [6, 6.07) is 6.06. The van der Waals surface area contributed by atoms with Crippen LogP contribution in [-0.4, -0.2) is 43.1 Å². The topological polar surface area (TPSA) is 125 Å². The molecular formula is C19H21N7O. The standard InChI is InChI=1S/C19H21N7O/c1-10-4-5-11-13(6-10)25-26-15(11)14-8-22-17-16(23-14)12(7-21-17)18(27)24-19(2,3)9-20/h4-8H,9,20H2,1-3H3,(H,21,22)(H,24,27)(H,25,26). The maximum Gasteiger partial charge on any atom is 0.255 e. The highest BCUT2D eigenvalue weighted by Gasteiger charge is 2.23. The van der Waals surface area contributed by atoms with Gasteiger partial charge >= 0.3 is 0 Å². The van der Waals surface area contributed by atoms with Gasteiger partial charge in [-0.2, -0.15) is 5.10 Å². The van der Waals surface area contributed by atoms with Gasteiger partial charge in [-0.3, -0.25) is 9.89 Å². The van der Waals surface area contributed by atoms with E-state index in [1.807, 2.05) is 39.0 Å². The highest BCUT2D eigenvalue weighted by atomic mass is 16.1. The van der Waals surface area contributed by atoms with Crippen LogP contribution in [0.5, 0.6) is 0 Å². The highest BCUT2D eigenvalue weighted by Crippen LogP contribution is 2.27. The van der Waals surface area contributed by atoms with Crippen LogP contribution in [0.15, 0.2) is 30.6 Å². The van der Waals surface area contributed by atoms with Crippen molar-refractivity contribution < 1.29 is 4.79 Å². The number of aromatic nitrogens is 5. The van der Waals surface area contributed by atoms with Gasteiger partial charge in [-0.15, -0.1) is 0 Å². The van der Waals surface area contributed by atoms with Gasteiger partial charge in [0.15, 0.2) is 5.65 Å². The summed E-state index contributed by atoms with van der Waals surface area (Å²) in [5.74, 6) is -0.245. The van der Waals surface area contributed by atoms with Crippen LogP contribution in [0.25, 0.3) is 33.5 Å². The molecule has 0 bridgehead atoms. The Hall–Kier alpha value is -3.26. The minimum atomic E-state index is -0.512. The van der Waals surface area contributed by atoms with Crippen molar-refractivity contribution in [3.8, 4) is 11.4 Å². The number of aromatic amines is 2. The van der Waals surface area contributed by atoms with E-state index in [4.69, 9.17) is 5.73 Å². The number of nitrogens with one attached hydrogen (secondary N) is 3. The van der Waals surface area contributed by atoms with Gasteiger partial charge in [0.25, 0.3) is 5.91 Å². The van der Waals surface area contributed by atoms with Crippen LogP contribution in [0.4, 0.5) is 0 Å². The van der Waals surface area contributed by atoms with Crippen molar-refractivity contribution in [1.29, 1.82) is 0 Å². The molecule has 5 N–H and O–H groups in total. The van der Waals surface area contributed by atoms with Gasteiger partial charge in [0.2, 0.25) is 0 Å². The summed E-state index contributed by atoms with van der Waals surface area (Å²) in [5, 5.41) is 11.3. The van der Waals surface area contributed by atoms with Crippen molar-refractivity contribution >= 4 is 28.0 Å². The molecular weight excluding hydrogens is 342 g/mol. The van der Waals surface area contributed by atoms with Crippen LogP contribution in [0.2, 0.25) is 0 Å². The Labute approximate surface area is 155 Å². The summed E-state index contributed by atoms with van der Waals surface area (Å²) < 4.78 is 0. The van der Waals surface area contributed by atoms with E-state index in [2.05, 4.69) is 30.5 Å². The number of benzene rings is 1. The maximum atomic E-state index is 12.7. The van der Waals surface area contributed by atoms with Crippen molar-refractivity contribution in [3.63, 3.8) is 0 Å². The number of aryl methyl sites for hydroxylation is 1. The summed E-state index contributed by atoms with van der Waals surface area (Å²) in [6.07, 6.45) is 3.27. The number of hydrogen-bond acceptors (Lipinski definition) is 5. The predicted octanol–water partition coefficient (Wildman–Crippen LogP) is 2.28. The summed E-state index contributed by atoms with van der Waals surface area (Å²) in [7, 11) is 0. The summed E-state index contributed by atoms with van der Waals surface area (Å²) >= 11 is 0. The predicted molar refractivity (Wildman–Crippen MR) is 104 cm³/mol. The molecule has 1 aromatic carbocycles. The van der Waals surface area contributed by atoms with Crippen molar-refractivity contribution in [1.82, 2.24) is 30.5 Å². The molecule has 8 heteroatoms. The number of nitrogens with two attached hydrogens (primary N) is 1. The van der Waals surface area contributed by atoms with E-state index >= 15 is 0 Å². The third-order valence-corrected chi connectivity index (χ3v) is 4.55. The van der Waals surface area contributed by atoms with Gasteiger partial charge in [0.05, 0.1) is 17.3 Å². The van der Waals surface area contributed by atoms with E-state index in [9.17, 15) is 4.79 Å². The number of H-pyrrole nitrogens is 2. The SMILES string of the molecule is Cc1ccc2c(-c3cnc4[nH]cc(C(=O)NC(C)(C)CN)c4n3)n[nH]c2c1. The lowest BCUT2D eigenvalue weighted by Crippen LogP contribution is -2.48. The number of rotatable bonds is 4. The second-order valence-corrected chi connectivity index (χ2v) is 7.32. The molecule has 0 atom stereocenters. The summed E-state index contributed by atoms with van der Waals surface area (Å²) in [6.45, 7) is 6.10. The molecule has 0 aliphatic carbocycles. The van der Waals surface area contributed by atoms with Crippen LogP contribution in [0.3, 0.4) is 0 Å². The van der Waals surface area contributed by atoms with Crippen molar-refractivity contribution in [2.75, 3.05) is 6.54 Å². The fraction of sp³-hybridized carbons (Fsp3) is 0.263. The molecule has 0 unspecified atom stereocenters. The lowest BCUT2D eigenvalue weighted by molar-refractivity contribution is 0.0917. The number of hydrogen-bond donors (Lipinski definition) is 4. The quantitative estimate of drug-likeness (QED) is 0.442. The number of fused-ring (bicyclic) bond motifs is 2. The van der Waals surface area contributed by atoms with E-state index < -0.39 is 5.54 Å². The van der Waals surface area contributed by atoms with E-state index in [1.54, 1.807) is 12.4 Å². The molecule has 3 heterocycles. The van der Waals surface area contributed by atoms with Crippen molar-refractivity contribution in [2.45, 2.75) is 26.3 Å². The van der Waals surface area contributed by atoms with Gasteiger partial charge in [0.1, 0.15) is 16.9 Å². The zero-order valence-electron chi connectivity index (χ0n) is 15.4. The fourth-order valence-corrected chi connectivity index (χ4v) is 2.93. The second kappa shape index (κ2) is 6.17. The molecule has 4 rings (SSSR count). The molecule has 0 radical (unpaired) electrons. The van der Waals surface area contributed by atoms with Crippen LogP contribution in [-0.2, 0) is 0 Å². The van der Waals surface area contributed by atoms with Crippen molar-refractivity contribution in [2.24, 2.45) is 5.73 Å². The monoisotopic (exact) mass is 363 g/mol. The molecule has 27 heavy (non-hydrogen) atoms. The van der Waals surface area contributed by atoms with Gasteiger partial charge in [-0.1, -0.05) is 12.1 Å². The van der Waals surface area contributed by atoms with Crippen LogP contribution >= 0.6 is 0 Å². The first-order valence-corrected chi connectivity index (χ1v) is 8.70. The molecule has 8 nitrogen and oxygen atoms in total. The molecule has 0 aliphatic heterocycles. The van der Waals surface area contributed by atoms with Gasteiger partial charge in [0, 0.05) is 23.7 Å². The number of carbonyl (C=O) groups is 1. The maximum absolute atomic E-state index is 12.7. The lowest BCUT2D eigenvalue weighted by atomic mass is 10.1. The Kier molecular flexibility index (Phi) is 3.92. The third-order valence-electron chi connectivity index (χ3n) is 4.55. The highest BCUT2D eigenvalue weighted by molar-refractivity contribution is 6.05. The summed E-state index contributed by atoms with van der Waals surface area (Å²) in [5.41, 5.74) is 10.1. The molecule has 0 spiro atoms. The van der Waals surface area contributed by atoms with E-state index in [0.29, 0.717) is 34.7 Å². The first-order valence-electron chi connectivity index (χ1n) is 8.70. The van der Waals surface area contributed by atoms with Crippen LogP contribution in [0, 0.1) is 6.92 Å². The first-order chi connectivity index (χ1) is 12.9. The average molecular weight is 363 g/mol. The minimum Gasteiger partial charge on any atom is -0.346 e. The Balaban J connectivity index is 1.79. The normalized spacial score (nSPS) is 12.0. The average Bonchev–Trinajstić information content (AvgIpc) is 3.24. The van der Waals surface area contributed by atoms with Crippen LogP contribution in [0.1, 0.15) is 29.8 Å². The van der Waals surface area contributed by atoms with E-state index in [0.717, 1.165) is 16.5 Å². The second-order valence-electron chi connectivity index (χ2n) is 7.32.